The summed E-state index contributed by atoms with van der Waals surface area (Å²) in [5, 5.41) is 9.92. The molecule has 1 saturated carbocycles. The van der Waals surface area contributed by atoms with Crippen molar-refractivity contribution in [3.63, 3.8) is 0 Å². The lowest BCUT2D eigenvalue weighted by atomic mass is 10.1. The van der Waals surface area contributed by atoms with Gasteiger partial charge in [0.1, 0.15) is 0 Å². The van der Waals surface area contributed by atoms with Crippen LogP contribution in [-0.2, 0) is 0 Å². The van der Waals surface area contributed by atoms with Crippen molar-refractivity contribution in [1.82, 2.24) is 0 Å². The summed E-state index contributed by atoms with van der Waals surface area (Å²) in [5.41, 5.74) is 1.29. The summed E-state index contributed by atoms with van der Waals surface area (Å²) in [4.78, 5) is 0. The van der Waals surface area contributed by atoms with Crippen LogP contribution in [0.25, 0.3) is 0 Å². The van der Waals surface area contributed by atoms with Crippen LogP contribution >= 0.6 is 0 Å². The third-order valence-corrected chi connectivity index (χ3v) is 3.30. The van der Waals surface area contributed by atoms with E-state index in [9.17, 15) is 5.11 Å². The number of allylic oxidation sites excluding steroid dienone is 4. The zero-order valence-corrected chi connectivity index (χ0v) is 9.96. The predicted molar refractivity (Wildman–Crippen MR) is 61.2 cm³/mol. The van der Waals surface area contributed by atoms with Gasteiger partial charge in [-0.05, 0) is 37.2 Å². The molecular weight excluding hydrogens is 172 g/mol. The maximum absolute atomic E-state index is 9.92. The van der Waals surface area contributed by atoms with E-state index in [0.717, 1.165) is 12.0 Å². The summed E-state index contributed by atoms with van der Waals surface area (Å²) >= 11 is 0. The summed E-state index contributed by atoms with van der Waals surface area (Å²) in [5.74, 6) is 1.47. The lowest BCUT2D eigenvalue weighted by Crippen LogP contribution is -1.95. The Kier molecular flexibility index (Phi) is 3.08. The average Bonchev–Trinajstić information content (AvgIpc) is 2.63. The van der Waals surface area contributed by atoms with Crippen molar-refractivity contribution >= 4 is 0 Å². The Morgan fingerprint density at radius 2 is 1.93 bits per heavy atom. The molecule has 14 heavy (non-hydrogen) atoms. The third kappa shape index (κ3) is 1.87. The van der Waals surface area contributed by atoms with Crippen molar-refractivity contribution in [2.24, 2.45) is 17.3 Å². The highest BCUT2D eigenvalue weighted by atomic mass is 16.3. The second-order valence-electron chi connectivity index (χ2n) is 5.05. The summed E-state index contributed by atoms with van der Waals surface area (Å²) in [7, 11) is 0. The minimum atomic E-state index is 0.243. The van der Waals surface area contributed by atoms with Crippen molar-refractivity contribution < 1.29 is 5.11 Å². The highest BCUT2D eigenvalue weighted by molar-refractivity contribution is 5.26. The first-order valence-electron chi connectivity index (χ1n) is 5.45. The van der Waals surface area contributed by atoms with Crippen LogP contribution < -0.4 is 0 Å². The third-order valence-electron chi connectivity index (χ3n) is 3.30. The summed E-state index contributed by atoms with van der Waals surface area (Å²) < 4.78 is 0. The van der Waals surface area contributed by atoms with Crippen LogP contribution in [0.1, 0.15) is 41.0 Å². The molecule has 0 amide bonds. The van der Waals surface area contributed by atoms with E-state index in [1.165, 1.54) is 0 Å². The molecule has 0 aromatic rings. The van der Waals surface area contributed by atoms with Crippen LogP contribution in [0.2, 0.25) is 0 Å². The van der Waals surface area contributed by atoms with Crippen molar-refractivity contribution in [3.05, 3.63) is 23.5 Å². The Bertz CT molecular complexity index is 267. The highest BCUT2D eigenvalue weighted by Gasteiger charge is 2.58. The molecular formula is C13H22O. The fourth-order valence-corrected chi connectivity index (χ4v) is 2.15. The van der Waals surface area contributed by atoms with Gasteiger partial charge in [0.2, 0.25) is 0 Å². The van der Waals surface area contributed by atoms with Gasteiger partial charge in [0.05, 0.1) is 5.76 Å². The van der Waals surface area contributed by atoms with Crippen molar-refractivity contribution in [1.29, 1.82) is 0 Å². The zero-order valence-electron chi connectivity index (χ0n) is 9.96. The van der Waals surface area contributed by atoms with E-state index >= 15 is 0 Å². The summed E-state index contributed by atoms with van der Waals surface area (Å²) in [6, 6.07) is 0. The smallest absolute Gasteiger partial charge is 0.0951 e. The molecule has 0 aromatic heterocycles. The van der Waals surface area contributed by atoms with Crippen molar-refractivity contribution in [3.8, 4) is 0 Å². The molecule has 2 atom stereocenters. The van der Waals surface area contributed by atoms with E-state index in [1.54, 1.807) is 0 Å². The van der Waals surface area contributed by atoms with Crippen LogP contribution in [0.3, 0.4) is 0 Å². The molecule has 1 heteroatoms. The predicted octanol–water partition coefficient (Wildman–Crippen LogP) is 4.08. The number of rotatable bonds is 3. The molecule has 0 radical (unpaired) electrons. The molecule has 0 spiro atoms. The summed E-state index contributed by atoms with van der Waals surface area (Å²) in [6.45, 7) is 10.5. The van der Waals surface area contributed by atoms with Gasteiger partial charge in [0.25, 0.3) is 0 Å². The minimum absolute atomic E-state index is 0.243. The Morgan fingerprint density at radius 1 is 1.36 bits per heavy atom. The van der Waals surface area contributed by atoms with Crippen LogP contribution in [-0.4, -0.2) is 5.11 Å². The quantitative estimate of drug-likeness (QED) is 0.530. The normalized spacial score (nSPS) is 29.2. The maximum atomic E-state index is 9.92. The van der Waals surface area contributed by atoms with E-state index in [4.69, 9.17) is 0 Å². The van der Waals surface area contributed by atoms with Gasteiger partial charge in [0.15, 0.2) is 0 Å². The second kappa shape index (κ2) is 3.80. The van der Waals surface area contributed by atoms with E-state index < -0.39 is 0 Å². The SMILES string of the molecule is CC/C=C/[C@H]1[C@H](C(O)=C(C)C)C1(C)C. The molecule has 1 rings (SSSR count). The fourth-order valence-electron chi connectivity index (χ4n) is 2.15. The van der Waals surface area contributed by atoms with Crippen LogP contribution in [0.5, 0.6) is 0 Å². The molecule has 1 aliphatic rings. The van der Waals surface area contributed by atoms with E-state index in [0.29, 0.717) is 17.6 Å². The molecule has 1 N–H and O–H groups in total. The lowest BCUT2D eigenvalue weighted by molar-refractivity contribution is 0.350. The lowest BCUT2D eigenvalue weighted by Gasteiger charge is -2.03. The standard InChI is InChI=1S/C13H22O/c1-6-7-8-10-11(13(10,4)5)12(14)9(2)3/h7-8,10-11,14H,6H2,1-5H3/b8-7+/t10-,11+/m0/s1. The molecule has 0 heterocycles. The molecule has 1 nitrogen and oxygen atoms in total. The molecule has 0 aliphatic heterocycles. The summed E-state index contributed by atoms with van der Waals surface area (Å²) in [6.07, 6.45) is 5.53. The Morgan fingerprint density at radius 3 is 2.36 bits per heavy atom. The van der Waals surface area contributed by atoms with Gasteiger partial charge in [-0.25, -0.2) is 0 Å². The van der Waals surface area contributed by atoms with Crippen LogP contribution in [0, 0.1) is 17.3 Å². The van der Waals surface area contributed by atoms with Gasteiger partial charge in [-0.2, -0.15) is 0 Å². The van der Waals surface area contributed by atoms with Gasteiger partial charge in [0, 0.05) is 5.92 Å². The van der Waals surface area contributed by atoms with Gasteiger partial charge < -0.3 is 5.11 Å². The van der Waals surface area contributed by atoms with Crippen molar-refractivity contribution in [2.45, 2.75) is 41.0 Å². The van der Waals surface area contributed by atoms with Crippen LogP contribution in [0.4, 0.5) is 0 Å². The Labute approximate surface area is 87.5 Å². The molecule has 1 aliphatic carbocycles. The maximum Gasteiger partial charge on any atom is 0.0951 e. The topological polar surface area (TPSA) is 20.2 Å². The van der Waals surface area contributed by atoms with E-state index in [2.05, 4.69) is 32.9 Å². The first-order chi connectivity index (χ1) is 6.42. The largest absolute Gasteiger partial charge is 0.512 e. The van der Waals surface area contributed by atoms with E-state index in [1.807, 2.05) is 13.8 Å². The van der Waals surface area contributed by atoms with Gasteiger partial charge in [-0.15, -0.1) is 0 Å². The molecule has 0 aromatic carbocycles. The highest BCUT2D eigenvalue weighted by Crippen LogP contribution is 2.62. The molecule has 0 bridgehead atoms. The number of aliphatic hydroxyl groups is 1. The minimum Gasteiger partial charge on any atom is -0.512 e. The first-order valence-corrected chi connectivity index (χ1v) is 5.45. The average molecular weight is 194 g/mol. The van der Waals surface area contributed by atoms with Gasteiger partial charge in [-0.3, -0.25) is 0 Å². The van der Waals surface area contributed by atoms with Crippen molar-refractivity contribution in [2.75, 3.05) is 0 Å². The second-order valence-corrected chi connectivity index (χ2v) is 5.05. The molecule has 0 saturated heterocycles. The van der Waals surface area contributed by atoms with Crippen LogP contribution in [0.15, 0.2) is 23.5 Å². The zero-order chi connectivity index (χ0) is 10.9. The number of aliphatic hydroxyl groups excluding tert-OH is 1. The monoisotopic (exact) mass is 194 g/mol. The molecule has 1 fully saturated rings. The number of hydrogen-bond donors (Lipinski definition) is 1. The fraction of sp³-hybridized carbons (Fsp3) is 0.692. The first kappa shape index (κ1) is 11.4. The van der Waals surface area contributed by atoms with E-state index in [-0.39, 0.29) is 5.41 Å². The molecule has 0 unspecified atom stereocenters. The Balaban J connectivity index is 2.76. The van der Waals surface area contributed by atoms with Gasteiger partial charge >= 0.3 is 0 Å². The van der Waals surface area contributed by atoms with Gasteiger partial charge in [-0.1, -0.05) is 32.9 Å². The Hall–Kier alpha value is -0.720. The number of hydrogen-bond acceptors (Lipinski definition) is 1. The molecule has 80 valence electrons.